The van der Waals surface area contributed by atoms with Crippen LogP contribution in [0.5, 0.6) is 0 Å². The molecule has 0 bridgehead atoms. The predicted octanol–water partition coefficient (Wildman–Crippen LogP) is 0.581. The maximum absolute atomic E-state index is 11.4. The first-order valence-electron chi connectivity index (χ1n) is 5.56. The molecule has 0 aliphatic carbocycles. The standard InChI is InChI=1S/C11H19N5O/c1-5-8-14-9(12-2)6-10(15-8)13-7-11(17)16(3)4/h6H,5,7H2,1-4H3,(H2,12,13,14,15). The summed E-state index contributed by atoms with van der Waals surface area (Å²) in [6, 6.07) is 1.78. The Morgan fingerprint density at radius 3 is 2.53 bits per heavy atom. The van der Waals surface area contributed by atoms with Crippen molar-refractivity contribution >= 4 is 17.5 Å². The second-order valence-electron chi connectivity index (χ2n) is 3.80. The number of hydrogen-bond donors (Lipinski definition) is 2. The van der Waals surface area contributed by atoms with Crippen LogP contribution in [0.25, 0.3) is 0 Å². The zero-order valence-electron chi connectivity index (χ0n) is 10.7. The second kappa shape index (κ2) is 6.03. The molecule has 0 atom stereocenters. The zero-order valence-corrected chi connectivity index (χ0v) is 10.7. The number of carbonyl (C=O) groups is 1. The lowest BCUT2D eigenvalue weighted by Crippen LogP contribution is -2.28. The van der Waals surface area contributed by atoms with E-state index >= 15 is 0 Å². The number of hydrogen-bond acceptors (Lipinski definition) is 5. The monoisotopic (exact) mass is 237 g/mol. The van der Waals surface area contributed by atoms with E-state index < -0.39 is 0 Å². The van der Waals surface area contributed by atoms with E-state index in [-0.39, 0.29) is 12.5 Å². The molecule has 0 unspecified atom stereocenters. The van der Waals surface area contributed by atoms with Gasteiger partial charge in [-0.3, -0.25) is 4.79 Å². The number of amides is 1. The van der Waals surface area contributed by atoms with Gasteiger partial charge in [0.15, 0.2) is 0 Å². The summed E-state index contributed by atoms with van der Waals surface area (Å²) in [7, 11) is 5.25. The molecule has 6 nitrogen and oxygen atoms in total. The van der Waals surface area contributed by atoms with Crippen LogP contribution in [0.4, 0.5) is 11.6 Å². The van der Waals surface area contributed by atoms with Gasteiger partial charge in [0.1, 0.15) is 17.5 Å². The van der Waals surface area contributed by atoms with E-state index in [4.69, 9.17) is 0 Å². The maximum atomic E-state index is 11.4. The summed E-state index contributed by atoms with van der Waals surface area (Å²) >= 11 is 0. The first kappa shape index (κ1) is 13.2. The molecule has 2 N–H and O–H groups in total. The fourth-order valence-corrected chi connectivity index (χ4v) is 1.20. The molecule has 0 radical (unpaired) electrons. The van der Waals surface area contributed by atoms with E-state index in [0.717, 1.165) is 18.1 Å². The fraction of sp³-hybridized carbons (Fsp3) is 0.545. The Kier molecular flexibility index (Phi) is 4.68. The van der Waals surface area contributed by atoms with Crippen molar-refractivity contribution in [3.05, 3.63) is 11.9 Å². The van der Waals surface area contributed by atoms with Crippen molar-refractivity contribution in [1.29, 1.82) is 0 Å². The summed E-state index contributed by atoms with van der Waals surface area (Å²) in [6.45, 7) is 2.22. The zero-order chi connectivity index (χ0) is 12.8. The summed E-state index contributed by atoms with van der Waals surface area (Å²) in [6.07, 6.45) is 0.756. The first-order valence-corrected chi connectivity index (χ1v) is 5.56. The average molecular weight is 237 g/mol. The van der Waals surface area contributed by atoms with Crippen LogP contribution in [0, 0.1) is 0 Å². The van der Waals surface area contributed by atoms with Crippen molar-refractivity contribution < 1.29 is 4.79 Å². The third-order valence-corrected chi connectivity index (χ3v) is 2.26. The molecule has 1 aromatic rings. The highest BCUT2D eigenvalue weighted by Crippen LogP contribution is 2.10. The van der Waals surface area contributed by atoms with Crippen molar-refractivity contribution in [3.63, 3.8) is 0 Å². The first-order chi connectivity index (χ1) is 8.06. The summed E-state index contributed by atoms with van der Waals surface area (Å²) in [5.74, 6) is 2.16. The van der Waals surface area contributed by atoms with E-state index in [9.17, 15) is 4.79 Å². The maximum Gasteiger partial charge on any atom is 0.241 e. The normalized spacial score (nSPS) is 9.88. The van der Waals surface area contributed by atoms with Crippen LogP contribution in [0.3, 0.4) is 0 Å². The predicted molar refractivity (Wildman–Crippen MR) is 68.1 cm³/mol. The van der Waals surface area contributed by atoms with Crippen LogP contribution in [-0.4, -0.2) is 48.5 Å². The molecule has 6 heteroatoms. The number of anilines is 2. The van der Waals surface area contributed by atoms with Crippen molar-refractivity contribution in [1.82, 2.24) is 14.9 Å². The van der Waals surface area contributed by atoms with Gasteiger partial charge in [-0.2, -0.15) is 0 Å². The number of rotatable bonds is 5. The number of aromatic nitrogens is 2. The minimum absolute atomic E-state index is 0.00710. The van der Waals surface area contributed by atoms with Gasteiger partial charge in [-0.15, -0.1) is 0 Å². The molecule has 1 amide bonds. The van der Waals surface area contributed by atoms with Crippen LogP contribution >= 0.6 is 0 Å². The molecule has 1 rings (SSSR count). The lowest BCUT2D eigenvalue weighted by Gasteiger charge is -2.12. The van der Waals surface area contributed by atoms with Gasteiger partial charge in [-0.1, -0.05) is 6.92 Å². The number of likely N-dealkylation sites (N-methyl/N-ethyl adjacent to an activating group) is 1. The number of nitrogens with one attached hydrogen (secondary N) is 2. The number of carbonyl (C=O) groups excluding carboxylic acids is 1. The molecule has 1 aromatic heterocycles. The molecule has 1 heterocycles. The lowest BCUT2D eigenvalue weighted by atomic mass is 10.4. The highest BCUT2D eigenvalue weighted by atomic mass is 16.2. The summed E-state index contributed by atoms with van der Waals surface area (Å²) in [5, 5.41) is 5.96. The van der Waals surface area contributed by atoms with Gasteiger partial charge >= 0.3 is 0 Å². The minimum atomic E-state index is 0.00710. The third-order valence-electron chi connectivity index (χ3n) is 2.26. The highest BCUT2D eigenvalue weighted by Gasteiger charge is 2.06. The van der Waals surface area contributed by atoms with E-state index in [1.54, 1.807) is 27.2 Å². The molecule has 94 valence electrons. The van der Waals surface area contributed by atoms with Gasteiger partial charge in [0.2, 0.25) is 5.91 Å². The Morgan fingerprint density at radius 1 is 1.35 bits per heavy atom. The quantitative estimate of drug-likeness (QED) is 0.784. The molecule has 0 aliphatic heterocycles. The molecular formula is C11H19N5O. The summed E-state index contributed by atoms with van der Waals surface area (Å²) in [5.41, 5.74) is 0. The van der Waals surface area contributed by atoms with E-state index in [1.165, 1.54) is 4.90 Å². The fourth-order valence-electron chi connectivity index (χ4n) is 1.20. The highest BCUT2D eigenvalue weighted by molar-refractivity contribution is 5.80. The molecule has 0 aliphatic rings. The Labute approximate surface area is 101 Å². The van der Waals surface area contributed by atoms with Crippen molar-refractivity contribution in [2.24, 2.45) is 0 Å². The summed E-state index contributed by atoms with van der Waals surface area (Å²) < 4.78 is 0. The van der Waals surface area contributed by atoms with E-state index in [1.807, 2.05) is 6.92 Å². The molecule has 17 heavy (non-hydrogen) atoms. The Hall–Kier alpha value is -1.85. The smallest absolute Gasteiger partial charge is 0.241 e. The van der Waals surface area contributed by atoms with Crippen LogP contribution < -0.4 is 10.6 Å². The second-order valence-corrected chi connectivity index (χ2v) is 3.80. The molecule has 0 saturated carbocycles. The van der Waals surface area contributed by atoms with Gasteiger partial charge in [0.05, 0.1) is 6.54 Å². The van der Waals surface area contributed by atoms with Crippen molar-refractivity contribution in [2.75, 3.05) is 38.3 Å². The third kappa shape index (κ3) is 3.90. The van der Waals surface area contributed by atoms with Gasteiger partial charge in [-0.05, 0) is 0 Å². The van der Waals surface area contributed by atoms with Crippen LogP contribution in [0.1, 0.15) is 12.7 Å². The minimum Gasteiger partial charge on any atom is -0.373 e. The average Bonchev–Trinajstić information content (AvgIpc) is 2.35. The van der Waals surface area contributed by atoms with E-state index in [2.05, 4.69) is 20.6 Å². The Morgan fingerprint density at radius 2 is 2.00 bits per heavy atom. The number of nitrogens with zero attached hydrogens (tertiary/aromatic N) is 3. The van der Waals surface area contributed by atoms with E-state index in [0.29, 0.717) is 5.82 Å². The Bertz CT molecular complexity index is 369. The van der Waals surface area contributed by atoms with Gasteiger partial charge in [0.25, 0.3) is 0 Å². The Balaban J connectivity index is 2.73. The SMILES string of the molecule is CCc1nc(NC)cc(NCC(=O)N(C)C)n1. The van der Waals surface area contributed by atoms with Crippen LogP contribution in [-0.2, 0) is 11.2 Å². The van der Waals surface area contributed by atoms with Crippen molar-refractivity contribution in [3.8, 4) is 0 Å². The largest absolute Gasteiger partial charge is 0.373 e. The summed E-state index contributed by atoms with van der Waals surface area (Å²) in [4.78, 5) is 21.5. The topological polar surface area (TPSA) is 70.2 Å². The molecular weight excluding hydrogens is 218 g/mol. The van der Waals surface area contributed by atoms with Crippen LogP contribution in [0.2, 0.25) is 0 Å². The lowest BCUT2D eigenvalue weighted by molar-refractivity contribution is -0.126. The van der Waals surface area contributed by atoms with Gasteiger partial charge in [0, 0.05) is 33.6 Å². The molecule has 0 saturated heterocycles. The van der Waals surface area contributed by atoms with Gasteiger partial charge < -0.3 is 15.5 Å². The van der Waals surface area contributed by atoms with Crippen LogP contribution in [0.15, 0.2) is 6.07 Å². The molecule has 0 spiro atoms. The van der Waals surface area contributed by atoms with Crippen molar-refractivity contribution in [2.45, 2.75) is 13.3 Å². The number of aryl methyl sites for hydroxylation is 1. The molecule has 0 fully saturated rings. The van der Waals surface area contributed by atoms with Gasteiger partial charge in [-0.25, -0.2) is 9.97 Å². The molecule has 0 aromatic carbocycles.